The van der Waals surface area contributed by atoms with E-state index < -0.39 is 0 Å². The van der Waals surface area contributed by atoms with Crippen LogP contribution in [0.25, 0.3) is 0 Å². The Labute approximate surface area is 189 Å². The van der Waals surface area contributed by atoms with E-state index in [9.17, 15) is 0 Å². The molecule has 0 radical (unpaired) electrons. The second-order valence-corrected chi connectivity index (χ2v) is 9.60. The monoisotopic (exact) mass is 419 g/mol. The van der Waals surface area contributed by atoms with E-state index in [1.54, 1.807) is 0 Å². The molecule has 0 spiro atoms. The predicted molar refractivity (Wildman–Crippen MR) is 133 cm³/mol. The highest BCUT2D eigenvalue weighted by molar-refractivity contribution is 4.79. The Morgan fingerprint density at radius 1 is 0.567 bits per heavy atom. The van der Waals surface area contributed by atoms with E-state index in [1.165, 1.54) is 147 Å². The molecule has 0 aliphatic rings. The van der Waals surface area contributed by atoms with E-state index in [4.69, 9.17) is 0 Å². The highest BCUT2D eigenvalue weighted by Gasteiger charge is 2.11. The number of unbranched alkanes of at least 4 members (excludes halogenated alkanes) is 18. The lowest BCUT2D eigenvalue weighted by Gasteiger charge is -2.04. The zero-order chi connectivity index (χ0) is 21.7. The van der Waals surface area contributed by atoms with Gasteiger partial charge in [0.2, 0.25) is 0 Å². The molecule has 0 fully saturated rings. The van der Waals surface area contributed by atoms with Gasteiger partial charge in [-0.25, -0.2) is 9.13 Å². The van der Waals surface area contributed by atoms with Gasteiger partial charge in [-0.1, -0.05) is 117 Å². The Kier molecular flexibility index (Phi) is 18.3. The summed E-state index contributed by atoms with van der Waals surface area (Å²) in [6.07, 6.45) is 33.0. The Bertz CT molecular complexity index is 477. The van der Waals surface area contributed by atoms with Gasteiger partial charge in [0, 0.05) is 6.92 Å². The van der Waals surface area contributed by atoms with E-state index >= 15 is 0 Å². The zero-order valence-electron chi connectivity index (χ0n) is 21.1. The largest absolute Gasteiger partial charge is 0.253 e. The van der Waals surface area contributed by atoms with Gasteiger partial charge < -0.3 is 0 Å². The summed E-state index contributed by atoms with van der Waals surface area (Å²) in [6, 6.07) is 0. The van der Waals surface area contributed by atoms with Crippen LogP contribution in [-0.4, -0.2) is 4.57 Å². The summed E-state index contributed by atoms with van der Waals surface area (Å²) in [5.74, 6) is 1.45. The molecule has 0 unspecified atom stereocenters. The first kappa shape index (κ1) is 27.2. The zero-order valence-corrected chi connectivity index (χ0v) is 21.1. The lowest BCUT2D eigenvalue weighted by atomic mass is 10.1. The number of aryl methyl sites for hydroxylation is 2. The van der Waals surface area contributed by atoms with Crippen LogP contribution in [0, 0.1) is 6.92 Å². The van der Waals surface area contributed by atoms with Crippen LogP contribution in [0.15, 0.2) is 12.4 Å². The van der Waals surface area contributed by atoms with E-state index in [-0.39, 0.29) is 0 Å². The molecule has 1 heterocycles. The normalized spacial score (nSPS) is 11.4. The van der Waals surface area contributed by atoms with Crippen molar-refractivity contribution >= 4 is 0 Å². The maximum atomic E-state index is 2.47. The van der Waals surface area contributed by atoms with Crippen LogP contribution in [0.1, 0.15) is 148 Å². The van der Waals surface area contributed by atoms with E-state index in [0.717, 1.165) is 0 Å². The fourth-order valence-electron chi connectivity index (χ4n) is 4.55. The van der Waals surface area contributed by atoms with Gasteiger partial charge in [-0.05, 0) is 25.7 Å². The summed E-state index contributed by atoms with van der Waals surface area (Å²) in [5, 5.41) is 0. The summed E-state index contributed by atoms with van der Waals surface area (Å²) >= 11 is 0. The van der Waals surface area contributed by atoms with Crippen LogP contribution in [0.4, 0.5) is 0 Å². The molecule has 1 rings (SSSR count). The van der Waals surface area contributed by atoms with Gasteiger partial charge in [0.1, 0.15) is 12.4 Å². The molecule has 176 valence electrons. The van der Waals surface area contributed by atoms with E-state index in [1.807, 2.05) is 0 Å². The molecule has 0 aromatic carbocycles. The number of aromatic nitrogens is 2. The SMILES string of the molecule is CCCCCCCCCCCCCn1cc[n+](CCCCCCCCCCC)c1C. The molecular formula is C28H55N2+. The number of imidazole rings is 1. The van der Waals surface area contributed by atoms with Gasteiger partial charge in [0.25, 0.3) is 5.82 Å². The number of rotatable bonds is 22. The van der Waals surface area contributed by atoms with Gasteiger partial charge in [0.15, 0.2) is 0 Å². The van der Waals surface area contributed by atoms with Crippen molar-refractivity contribution in [2.45, 2.75) is 162 Å². The fraction of sp³-hybridized carbons (Fsp3) is 0.893. The molecule has 0 aliphatic heterocycles. The summed E-state index contributed by atoms with van der Waals surface area (Å²) in [6.45, 7) is 9.30. The van der Waals surface area contributed by atoms with Crippen LogP contribution in [-0.2, 0) is 13.1 Å². The van der Waals surface area contributed by atoms with Crippen molar-refractivity contribution in [3.8, 4) is 0 Å². The topological polar surface area (TPSA) is 8.81 Å². The molecular weight excluding hydrogens is 364 g/mol. The molecule has 0 atom stereocenters. The first-order valence-electron chi connectivity index (χ1n) is 13.8. The third-order valence-corrected chi connectivity index (χ3v) is 6.76. The third kappa shape index (κ3) is 14.3. The molecule has 0 N–H and O–H groups in total. The lowest BCUT2D eigenvalue weighted by Crippen LogP contribution is -2.35. The average Bonchev–Trinajstić information content (AvgIpc) is 3.10. The molecule has 1 aromatic rings. The average molecular weight is 420 g/mol. The van der Waals surface area contributed by atoms with Crippen molar-refractivity contribution in [1.29, 1.82) is 0 Å². The Hall–Kier alpha value is -0.790. The first-order valence-corrected chi connectivity index (χ1v) is 13.8. The van der Waals surface area contributed by atoms with Gasteiger partial charge in [-0.15, -0.1) is 0 Å². The van der Waals surface area contributed by atoms with Crippen LogP contribution in [0.5, 0.6) is 0 Å². The number of hydrogen-bond donors (Lipinski definition) is 0. The molecule has 0 saturated carbocycles. The standard InChI is InChI=1S/C28H55N2/c1-4-6-8-10-12-14-15-17-19-21-23-25-30-27-26-29(28(30)3)24-22-20-18-16-13-11-9-7-5-2/h26-27H,4-25H2,1-3H3/q+1. The second-order valence-electron chi connectivity index (χ2n) is 9.60. The maximum Gasteiger partial charge on any atom is 0.253 e. The highest BCUT2D eigenvalue weighted by atomic mass is 15.1. The summed E-state index contributed by atoms with van der Waals surface area (Å²) < 4.78 is 4.95. The number of nitrogens with zero attached hydrogens (tertiary/aromatic N) is 2. The van der Waals surface area contributed by atoms with Crippen LogP contribution in [0.3, 0.4) is 0 Å². The smallest absolute Gasteiger partial charge is 0.234 e. The fourth-order valence-corrected chi connectivity index (χ4v) is 4.55. The highest BCUT2D eigenvalue weighted by Crippen LogP contribution is 2.12. The summed E-state index contributed by atoms with van der Waals surface area (Å²) in [7, 11) is 0. The van der Waals surface area contributed by atoms with Gasteiger partial charge in [0.05, 0.1) is 13.1 Å². The van der Waals surface area contributed by atoms with E-state index in [2.05, 4.69) is 42.3 Å². The van der Waals surface area contributed by atoms with Gasteiger partial charge in [-0.2, -0.15) is 0 Å². The molecule has 0 amide bonds. The van der Waals surface area contributed by atoms with E-state index in [0.29, 0.717) is 0 Å². The van der Waals surface area contributed by atoms with Crippen LogP contribution < -0.4 is 4.57 Å². The number of hydrogen-bond acceptors (Lipinski definition) is 0. The van der Waals surface area contributed by atoms with Crippen molar-refractivity contribution in [1.82, 2.24) is 4.57 Å². The first-order chi connectivity index (χ1) is 14.8. The third-order valence-electron chi connectivity index (χ3n) is 6.76. The van der Waals surface area contributed by atoms with Gasteiger partial charge in [-0.3, -0.25) is 0 Å². The Morgan fingerprint density at radius 2 is 0.967 bits per heavy atom. The maximum absolute atomic E-state index is 2.47. The van der Waals surface area contributed by atoms with Crippen molar-refractivity contribution in [3.05, 3.63) is 18.2 Å². The molecule has 0 aliphatic carbocycles. The Balaban J connectivity index is 1.97. The summed E-state index contributed by atoms with van der Waals surface area (Å²) in [5.41, 5.74) is 0. The van der Waals surface area contributed by atoms with Gasteiger partial charge >= 0.3 is 0 Å². The molecule has 1 aromatic heterocycles. The molecule has 0 saturated heterocycles. The van der Waals surface area contributed by atoms with Crippen molar-refractivity contribution in [3.63, 3.8) is 0 Å². The van der Waals surface area contributed by atoms with Crippen molar-refractivity contribution in [2.24, 2.45) is 0 Å². The second kappa shape index (κ2) is 20.1. The minimum Gasteiger partial charge on any atom is -0.234 e. The minimum absolute atomic E-state index is 1.20. The van der Waals surface area contributed by atoms with Crippen molar-refractivity contribution in [2.75, 3.05) is 0 Å². The molecule has 30 heavy (non-hydrogen) atoms. The summed E-state index contributed by atoms with van der Waals surface area (Å²) in [4.78, 5) is 0. The quantitative estimate of drug-likeness (QED) is 0.131. The molecule has 0 bridgehead atoms. The van der Waals surface area contributed by atoms with Crippen molar-refractivity contribution < 1.29 is 4.57 Å². The lowest BCUT2D eigenvalue weighted by molar-refractivity contribution is -0.702. The minimum atomic E-state index is 1.20. The predicted octanol–water partition coefficient (Wildman–Crippen LogP) is 8.93. The molecule has 2 heteroatoms. The van der Waals surface area contributed by atoms with Crippen LogP contribution in [0.2, 0.25) is 0 Å². The Morgan fingerprint density at radius 3 is 1.43 bits per heavy atom. The van der Waals surface area contributed by atoms with Crippen LogP contribution >= 0.6 is 0 Å². The molecule has 2 nitrogen and oxygen atoms in total.